The summed E-state index contributed by atoms with van der Waals surface area (Å²) in [6.07, 6.45) is 0.912. The number of hydrogen-bond acceptors (Lipinski definition) is 4. The number of benzene rings is 1. The van der Waals surface area contributed by atoms with Crippen molar-refractivity contribution >= 4 is 5.97 Å². The van der Waals surface area contributed by atoms with Crippen LogP contribution in [0.15, 0.2) is 24.3 Å². The number of esters is 1. The molecule has 4 nitrogen and oxygen atoms in total. The fourth-order valence-electron chi connectivity index (χ4n) is 4.75. The molecule has 0 bridgehead atoms. The predicted molar refractivity (Wildman–Crippen MR) is 77.2 cm³/mol. The first-order valence-electron chi connectivity index (χ1n) is 7.72. The van der Waals surface area contributed by atoms with E-state index in [4.69, 9.17) is 9.57 Å². The summed E-state index contributed by atoms with van der Waals surface area (Å²) in [5.74, 6) is 0.514. The van der Waals surface area contributed by atoms with Crippen LogP contribution in [0.4, 0.5) is 0 Å². The van der Waals surface area contributed by atoms with Crippen LogP contribution in [-0.4, -0.2) is 30.8 Å². The minimum absolute atomic E-state index is 0.00824. The largest absolute Gasteiger partial charge is 0.468 e. The van der Waals surface area contributed by atoms with Crippen molar-refractivity contribution in [1.82, 2.24) is 5.06 Å². The first-order chi connectivity index (χ1) is 10.1. The van der Waals surface area contributed by atoms with Gasteiger partial charge >= 0.3 is 5.97 Å². The Morgan fingerprint density at radius 3 is 2.90 bits per heavy atom. The maximum Gasteiger partial charge on any atom is 0.316 e. The monoisotopic (exact) mass is 287 g/mol. The SMILES string of the molecule is COC(=O)[C@]12[C@H](ON3CCc4ccccc4[C@@H]31)[C@H](C)[C@@H]2C. The van der Waals surface area contributed by atoms with Crippen molar-refractivity contribution in [3.05, 3.63) is 35.4 Å². The molecule has 1 aromatic carbocycles. The number of hydroxylamine groups is 2. The summed E-state index contributed by atoms with van der Waals surface area (Å²) in [5.41, 5.74) is 2.01. The first kappa shape index (κ1) is 13.3. The van der Waals surface area contributed by atoms with Crippen molar-refractivity contribution in [3.63, 3.8) is 0 Å². The van der Waals surface area contributed by atoms with Gasteiger partial charge in [-0.1, -0.05) is 38.1 Å². The summed E-state index contributed by atoms with van der Waals surface area (Å²) in [6, 6.07) is 8.41. The van der Waals surface area contributed by atoms with Gasteiger partial charge in [0.15, 0.2) is 0 Å². The molecule has 0 spiro atoms. The summed E-state index contributed by atoms with van der Waals surface area (Å²) in [7, 11) is 1.49. The quantitative estimate of drug-likeness (QED) is 0.743. The van der Waals surface area contributed by atoms with Crippen LogP contribution < -0.4 is 0 Å². The van der Waals surface area contributed by atoms with E-state index in [1.807, 2.05) is 11.1 Å². The maximum atomic E-state index is 12.7. The van der Waals surface area contributed by atoms with E-state index < -0.39 is 5.41 Å². The predicted octanol–water partition coefficient (Wildman–Crippen LogP) is 2.34. The van der Waals surface area contributed by atoms with Gasteiger partial charge in [-0.05, 0) is 29.4 Å². The maximum absolute atomic E-state index is 12.7. The third kappa shape index (κ3) is 1.40. The molecule has 0 N–H and O–H groups in total. The lowest BCUT2D eigenvalue weighted by molar-refractivity contribution is -0.216. The highest BCUT2D eigenvalue weighted by Gasteiger charge is 2.74. The Balaban J connectivity index is 1.88. The van der Waals surface area contributed by atoms with Crippen LogP contribution in [0.2, 0.25) is 0 Å². The highest BCUT2D eigenvalue weighted by Crippen LogP contribution is 2.66. The Bertz CT molecular complexity index is 601. The molecule has 0 radical (unpaired) electrons. The summed E-state index contributed by atoms with van der Waals surface area (Å²) in [6.45, 7) is 5.17. The second-order valence-electron chi connectivity index (χ2n) is 6.59. The highest BCUT2D eigenvalue weighted by atomic mass is 16.7. The molecule has 0 amide bonds. The minimum atomic E-state index is -0.551. The molecule has 2 aliphatic heterocycles. The molecule has 21 heavy (non-hydrogen) atoms. The Hall–Kier alpha value is -1.39. The molecule has 1 aliphatic carbocycles. The Labute approximate surface area is 125 Å². The van der Waals surface area contributed by atoms with Crippen LogP contribution in [0.1, 0.15) is 31.0 Å². The van der Waals surface area contributed by atoms with Crippen LogP contribution in [0.25, 0.3) is 0 Å². The lowest BCUT2D eigenvalue weighted by Crippen LogP contribution is -2.63. The number of nitrogens with zero attached hydrogens (tertiary/aromatic N) is 1. The van der Waals surface area contributed by atoms with Gasteiger partial charge in [-0.25, -0.2) is 0 Å². The summed E-state index contributed by atoms with van der Waals surface area (Å²) in [4.78, 5) is 18.9. The lowest BCUT2D eigenvalue weighted by atomic mass is 9.49. The van der Waals surface area contributed by atoms with Crippen molar-refractivity contribution in [2.24, 2.45) is 17.3 Å². The molecule has 4 heteroatoms. The molecule has 4 rings (SSSR count). The van der Waals surface area contributed by atoms with Gasteiger partial charge in [-0.3, -0.25) is 9.63 Å². The van der Waals surface area contributed by atoms with Crippen LogP contribution >= 0.6 is 0 Å². The van der Waals surface area contributed by atoms with Crippen LogP contribution in [0.3, 0.4) is 0 Å². The second-order valence-corrected chi connectivity index (χ2v) is 6.59. The fraction of sp³-hybridized carbons (Fsp3) is 0.588. The third-order valence-electron chi connectivity index (χ3n) is 5.97. The van der Waals surface area contributed by atoms with Gasteiger partial charge in [0.05, 0.1) is 13.2 Å². The summed E-state index contributed by atoms with van der Waals surface area (Å²) in [5, 5.41) is 2.03. The molecule has 2 fully saturated rings. The molecular weight excluding hydrogens is 266 g/mol. The van der Waals surface area contributed by atoms with E-state index >= 15 is 0 Å². The number of ether oxygens (including phenoxy) is 1. The molecule has 112 valence electrons. The van der Waals surface area contributed by atoms with Crippen molar-refractivity contribution in [2.75, 3.05) is 13.7 Å². The lowest BCUT2D eigenvalue weighted by Gasteiger charge is -2.53. The molecule has 3 aliphatic rings. The Morgan fingerprint density at radius 2 is 2.14 bits per heavy atom. The van der Waals surface area contributed by atoms with Gasteiger partial charge in [0.1, 0.15) is 11.5 Å². The van der Waals surface area contributed by atoms with Crippen molar-refractivity contribution in [3.8, 4) is 0 Å². The van der Waals surface area contributed by atoms with E-state index in [9.17, 15) is 4.79 Å². The van der Waals surface area contributed by atoms with E-state index in [-0.39, 0.29) is 24.0 Å². The van der Waals surface area contributed by atoms with Crippen LogP contribution in [0, 0.1) is 17.3 Å². The number of rotatable bonds is 1. The smallest absolute Gasteiger partial charge is 0.316 e. The zero-order valence-corrected chi connectivity index (χ0v) is 12.7. The second kappa shape index (κ2) is 4.31. The third-order valence-corrected chi connectivity index (χ3v) is 5.97. The average molecular weight is 287 g/mol. The summed E-state index contributed by atoms with van der Waals surface area (Å²) >= 11 is 0. The van der Waals surface area contributed by atoms with Crippen LogP contribution in [-0.2, 0) is 20.8 Å². The highest BCUT2D eigenvalue weighted by molar-refractivity contribution is 5.81. The fourth-order valence-corrected chi connectivity index (χ4v) is 4.75. The van der Waals surface area contributed by atoms with E-state index in [2.05, 4.69) is 32.0 Å². The number of carbonyl (C=O) groups excluding carboxylic acids is 1. The Morgan fingerprint density at radius 1 is 1.38 bits per heavy atom. The van der Waals surface area contributed by atoms with Gasteiger partial charge in [-0.2, -0.15) is 5.06 Å². The summed E-state index contributed by atoms with van der Waals surface area (Å²) < 4.78 is 5.20. The molecule has 1 saturated carbocycles. The van der Waals surface area contributed by atoms with E-state index in [1.54, 1.807) is 0 Å². The molecule has 1 aromatic rings. The zero-order chi connectivity index (χ0) is 14.8. The van der Waals surface area contributed by atoms with E-state index in [1.165, 1.54) is 18.2 Å². The van der Waals surface area contributed by atoms with Crippen molar-refractivity contribution < 1.29 is 14.4 Å². The van der Waals surface area contributed by atoms with Crippen molar-refractivity contribution in [2.45, 2.75) is 32.4 Å². The van der Waals surface area contributed by atoms with Gasteiger partial charge in [0, 0.05) is 6.54 Å². The molecule has 0 unspecified atom stereocenters. The van der Waals surface area contributed by atoms with E-state index in [0.29, 0.717) is 5.92 Å². The molecule has 0 aromatic heterocycles. The topological polar surface area (TPSA) is 38.8 Å². The van der Waals surface area contributed by atoms with Crippen molar-refractivity contribution in [1.29, 1.82) is 0 Å². The molecule has 5 atom stereocenters. The van der Waals surface area contributed by atoms with Crippen LogP contribution in [0.5, 0.6) is 0 Å². The number of hydrogen-bond donors (Lipinski definition) is 0. The van der Waals surface area contributed by atoms with Gasteiger partial charge in [-0.15, -0.1) is 0 Å². The standard InChI is InChI=1S/C17H21NO3/c1-10-11(2)17(16(19)20-3)14-13-7-5-4-6-12(13)8-9-18(14)21-15(10)17/h4-7,10-11,14-15H,8-9H2,1-3H3/t10-,11+,14-,15-,17+/m1/s1. The molecular formula is C17H21NO3. The minimum Gasteiger partial charge on any atom is -0.468 e. The zero-order valence-electron chi connectivity index (χ0n) is 12.7. The van der Waals surface area contributed by atoms with Gasteiger partial charge in [0.25, 0.3) is 0 Å². The average Bonchev–Trinajstić information content (AvgIpc) is 2.86. The first-order valence-corrected chi connectivity index (χ1v) is 7.72. The van der Waals surface area contributed by atoms with Gasteiger partial charge < -0.3 is 4.74 Å². The van der Waals surface area contributed by atoms with Gasteiger partial charge in [0.2, 0.25) is 0 Å². The number of carbonyl (C=O) groups is 1. The van der Waals surface area contributed by atoms with E-state index in [0.717, 1.165) is 13.0 Å². The number of fused-ring (bicyclic) bond motifs is 5. The molecule has 2 heterocycles. The molecule has 1 saturated heterocycles. The number of methoxy groups -OCH3 is 1. The normalized spacial score (nSPS) is 40.7. The Kier molecular flexibility index (Phi) is 2.72.